The van der Waals surface area contributed by atoms with Crippen molar-refractivity contribution in [3.63, 3.8) is 0 Å². The van der Waals surface area contributed by atoms with Crippen molar-refractivity contribution in [1.82, 2.24) is 0 Å². The number of rotatable bonds is 12. The summed E-state index contributed by atoms with van der Waals surface area (Å²) in [5.41, 5.74) is 1.32. The highest BCUT2D eigenvalue weighted by Gasteiger charge is 2.21. The Morgan fingerprint density at radius 3 is 2.15 bits per heavy atom. The molecule has 0 radical (unpaired) electrons. The number of aliphatic carboxylic acids is 1. The van der Waals surface area contributed by atoms with Gasteiger partial charge in [0.1, 0.15) is 0 Å². The lowest BCUT2D eigenvalue weighted by atomic mass is 9.84. The molecule has 142 valence electrons. The number of unbranched alkanes of at least 4 members (excludes halogenated alkanes) is 3. The lowest BCUT2D eigenvalue weighted by Gasteiger charge is -2.21. The van der Waals surface area contributed by atoms with E-state index in [9.17, 15) is 4.79 Å². The summed E-state index contributed by atoms with van der Waals surface area (Å²) in [7, 11) is 0. The van der Waals surface area contributed by atoms with Gasteiger partial charge in [-0.05, 0) is 61.6 Å². The van der Waals surface area contributed by atoms with Crippen LogP contribution < -0.4 is 0 Å². The van der Waals surface area contributed by atoms with Gasteiger partial charge in [0.25, 0.3) is 0 Å². The predicted molar refractivity (Wildman–Crippen MR) is 111 cm³/mol. The third-order valence-corrected chi connectivity index (χ3v) is 6.08. The van der Waals surface area contributed by atoms with Crippen LogP contribution in [0.2, 0.25) is 0 Å². The fourth-order valence-corrected chi connectivity index (χ4v) is 4.34. The number of carboxylic acids is 1. The molecular formula is C23H32O2S. The summed E-state index contributed by atoms with van der Waals surface area (Å²) in [4.78, 5) is 13.8. The molecular weight excluding hydrogens is 340 g/mol. The van der Waals surface area contributed by atoms with Gasteiger partial charge in [-0.25, -0.2) is 0 Å². The molecule has 2 rings (SSSR count). The van der Waals surface area contributed by atoms with Crippen molar-refractivity contribution in [1.29, 1.82) is 0 Å². The highest BCUT2D eigenvalue weighted by molar-refractivity contribution is 7.11. The van der Waals surface area contributed by atoms with Gasteiger partial charge in [-0.3, -0.25) is 4.79 Å². The predicted octanol–water partition coefficient (Wildman–Crippen LogP) is 6.53. The third-order valence-electron chi connectivity index (χ3n) is 4.88. The summed E-state index contributed by atoms with van der Waals surface area (Å²) in [6, 6.07) is 15.2. The second-order valence-electron chi connectivity index (χ2n) is 8.00. The van der Waals surface area contributed by atoms with E-state index in [0.717, 1.165) is 12.8 Å². The smallest absolute Gasteiger partial charge is 0.303 e. The Balaban J connectivity index is 1.60. The van der Waals surface area contributed by atoms with Crippen molar-refractivity contribution >= 4 is 17.3 Å². The summed E-state index contributed by atoms with van der Waals surface area (Å²) < 4.78 is 0. The molecule has 26 heavy (non-hydrogen) atoms. The zero-order valence-electron chi connectivity index (χ0n) is 16.2. The maximum absolute atomic E-state index is 10.9. The SMILES string of the molecule is CC(C)(CCc1ccc(CCCCCCc2ccccc2)s1)CC(=O)O. The highest BCUT2D eigenvalue weighted by atomic mass is 32.1. The Labute approximate surface area is 162 Å². The van der Waals surface area contributed by atoms with Crippen LogP contribution in [0.1, 0.15) is 67.7 Å². The van der Waals surface area contributed by atoms with Gasteiger partial charge < -0.3 is 5.11 Å². The molecule has 1 heterocycles. The molecule has 0 amide bonds. The van der Waals surface area contributed by atoms with Gasteiger partial charge in [0, 0.05) is 9.75 Å². The molecule has 0 aliphatic rings. The van der Waals surface area contributed by atoms with E-state index in [1.807, 2.05) is 25.2 Å². The third kappa shape index (κ3) is 8.18. The zero-order valence-corrected chi connectivity index (χ0v) is 17.0. The van der Waals surface area contributed by atoms with E-state index >= 15 is 0 Å². The van der Waals surface area contributed by atoms with Crippen LogP contribution in [0, 0.1) is 5.41 Å². The summed E-state index contributed by atoms with van der Waals surface area (Å²) in [6.45, 7) is 4.09. The average Bonchev–Trinajstić information content (AvgIpc) is 3.04. The first-order valence-electron chi connectivity index (χ1n) is 9.78. The van der Waals surface area contributed by atoms with Crippen molar-refractivity contribution in [2.45, 2.75) is 71.6 Å². The van der Waals surface area contributed by atoms with E-state index in [1.54, 1.807) is 0 Å². The maximum atomic E-state index is 10.9. The quantitative estimate of drug-likeness (QED) is 0.430. The average molecular weight is 373 g/mol. The van der Waals surface area contributed by atoms with Gasteiger partial charge >= 0.3 is 5.97 Å². The minimum absolute atomic E-state index is 0.130. The molecule has 0 saturated heterocycles. The van der Waals surface area contributed by atoms with E-state index in [2.05, 4.69) is 42.5 Å². The van der Waals surface area contributed by atoms with E-state index in [0.29, 0.717) is 0 Å². The van der Waals surface area contributed by atoms with Gasteiger partial charge in [0.15, 0.2) is 0 Å². The van der Waals surface area contributed by atoms with Crippen molar-refractivity contribution < 1.29 is 9.90 Å². The minimum Gasteiger partial charge on any atom is -0.481 e. The number of hydrogen-bond acceptors (Lipinski definition) is 2. The van der Waals surface area contributed by atoms with Crippen LogP contribution in [-0.4, -0.2) is 11.1 Å². The van der Waals surface area contributed by atoms with Crippen LogP contribution in [0.5, 0.6) is 0 Å². The van der Waals surface area contributed by atoms with Crippen molar-refractivity contribution in [2.75, 3.05) is 0 Å². The van der Waals surface area contributed by atoms with Crippen molar-refractivity contribution in [3.8, 4) is 0 Å². The molecule has 1 aromatic carbocycles. The minimum atomic E-state index is -0.700. The summed E-state index contributed by atoms with van der Waals surface area (Å²) >= 11 is 1.91. The van der Waals surface area contributed by atoms with E-state index in [1.165, 1.54) is 53.8 Å². The Hall–Kier alpha value is -1.61. The molecule has 2 aromatic rings. The Morgan fingerprint density at radius 2 is 1.50 bits per heavy atom. The van der Waals surface area contributed by atoms with Crippen LogP contribution in [0.25, 0.3) is 0 Å². The molecule has 1 aromatic heterocycles. The zero-order chi connectivity index (χ0) is 18.8. The van der Waals surface area contributed by atoms with E-state index < -0.39 is 5.97 Å². The summed E-state index contributed by atoms with van der Waals surface area (Å²) in [5, 5.41) is 8.98. The topological polar surface area (TPSA) is 37.3 Å². The largest absolute Gasteiger partial charge is 0.481 e. The lowest BCUT2D eigenvalue weighted by Crippen LogP contribution is -2.17. The second kappa shape index (κ2) is 10.5. The first-order valence-corrected chi connectivity index (χ1v) is 10.6. The number of benzene rings is 1. The van der Waals surface area contributed by atoms with E-state index in [4.69, 9.17) is 5.11 Å². The fraction of sp³-hybridized carbons (Fsp3) is 0.522. The van der Waals surface area contributed by atoms with E-state index in [-0.39, 0.29) is 11.8 Å². The second-order valence-corrected chi connectivity index (χ2v) is 9.26. The number of aryl methyl sites for hydroxylation is 3. The normalized spacial score (nSPS) is 11.6. The molecule has 0 bridgehead atoms. The first-order chi connectivity index (χ1) is 12.4. The summed E-state index contributed by atoms with van der Waals surface area (Å²) in [6.07, 6.45) is 9.67. The number of carboxylic acid groups (broad SMARTS) is 1. The molecule has 2 nitrogen and oxygen atoms in total. The van der Waals surface area contributed by atoms with Crippen LogP contribution in [0.4, 0.5) is 0 Å². The Kier molecular flexibility index (Phi) is 8.37. The lowest BCUT2D eigenvalue weighted by molar-refractivity contribution is -0.139. The number of carbonyl (C=O) groups is 1. The number of hydrogen-bond donors (Lipinski definition) is 1. The molecule has 0 atom stereocenters. The molecule has 1 N–H and O–H groups in total. The number of thiophene rings is 1. The fourth-order valence-electron chi connectivity index (χ4n) is 3.28. The molecule has 0 aliphatic heterocycles. The van der Waals surface area contributed by atoms with Gasteiger partial charge in [-0.1, -0.05) is 57.0 Å². The molecule has 0 saturated carbocycles. The Morgan fingerprint density at radius 1 is 0.885 bits per heavy atom. The molecule has 0 spiro atoms. The van der Waals surface area contributed by atoms with Crippen LogP contribution in [-0.2, 0) is 24.1 Å². The van der Waals surface area contributed by atoms with Crippen molar-refractivity contribution in [3.05, 3.63) is 57.8 Å². The molecule has 0 unspecified atom stereocenters. The molecule has 3 heteroatoms. The van der Waals surface area contributed by atoms with Gasteiger partial charge in [0.05, 0.1) is 6.42 Å². The first kappa shape index (κ1) is 20.7. The molecule has 0 fully saturated rings. The monoisotopic (exact) mass is 372 g/mol. The standard InChI is InChI=1S/C23H32O2S/c1-23(2,18-22(24)25)17-16-21-15-14-20(26-21)13-9-4-3-6-10-19-11-7-5-8-12-19/h5,7-8,11-12,14-15H,3-4,6,9-10,13,16-18H2,1-2H3,(H,24,25). The van der Waals surface area contributed by atoms with Gasteiger partial charge in [0.2, 0.25) is 0 Å². The van der Waals surface area contributed by atoms with Crippen LogP contribution >= 0.6 is 11.3 Å². The van der Waals surface area contributed by atoms with Crippen molar-refractivity contribution in [2.24, 2.45) is 5.41 Å². The van der Waals surface area contributed by atoms with Gasteiger partial charge in [-0.15, -0.1) is 11.3 Å². The summed E-state index contributed by atoms with van der Waals surface area (Å²) in [5.74, 6) is -0.700. The molecule has 0 aliphatic carbocycles. The van der Waals surface area contributed by atoms with Crippen LogP contribution in [0.3, 0.4) is 0 Å². The maximum Gasteiger partial charge on any atom is 0.303 e. The highest BCUT2D eigenvalue weighted by Crippen LogP contribution is 2.29. The van der Waals surface area contributed by atoms with Crippen LogP contribution in [0.15, 0.2) is 42.5 Å². The van der Waals surface area contributed by atoms with Gasteiger partial charge in [-0.2, -0.15) is 0 Å². The Bertz CT molecular complexity index is 658.